The van der Waals surface area contributed by atoms with E-state index in [1.807, 2.05) is 0 Å². The van der Waals surface area contributed by atoms with Crippen molar-refractivity contribution in [3.8, 4) is 5.75 Å². The summed E-state index contributed by atoms with van der Waals surface area (Å²) in [6.07, 6.45) is 0. The summed E-state index contributed by atoms with van der Waals surface area (Å²) in [6.45, 7) is 2.97. The first-order valence-electron chi connectivity index (χ1n) is 6.22. The Balaban J connectivity index is 2.42. The lowest BCUT2D eigenvalue weighted by molar-refractivity contribution is 0.101. The predicted octanol–water partition coefficient (Wildman–Crippen LogP) is 4.27. The highest BCUT2D eigenvalue weighted by atomic mass is 35.5. The van der Waals surface area contributed by atoms with Gasteiger partial charge in [0.1, 0.15) is 10.6 Å². The monoisotopic (exact) mass is 358 g/mol. The predicted molar refractivity (Wildman–Crippen MR) is 85.5 cm³/mol. The Morgan fingerprint density at radius 1 is 1.09 bits per heavy atom. The van der Waals surface area contributed by atoms with Crippen LogP contribution in [0, 0.1) is 6.92 Å². The molecule has 0 fully saturated rings. The van der Waals surface area contributed by atoms with Crippen molar-refractivity contribution in [3.63, 3.8) is 0 Å². The molecule has 2 rings (SSSR count). The van der Waals surface area contributed by atoms with Crippen molar-refractivity contribution in [2.75, 3.05) is 0 Å². The first-order chi connectivity index (χ1) is 10.2. The van der Waals surface area contributed by atoms with Crippen molar-refractivity contribution in [3.05, 3.63) is 57.6 Å². The molecule has 0 spiro atoms. The van der Waals surface area contributed by atoms with Gasteiger partial charge in [-0.25, -0.2) is 0 Å². The normalized spacial score (nSPS) is 11.3. The van der Waals surface area contributed by atoms with Crippen LogP contribution in [0.2, 0.25) is 10.0 Å². The molecule has 22 heavy (non-hydrogen) atoms. The van der Waals surface area contributed by atoms with E-state index >= 15 is 0 Å². The van der Waals surface area contributed by atoms with Gasteiger partial charge in [0, 0.05) is 5.56 Å². The molecule has 0 saturated carbocycles. The quantitative estimate of drug-likeness (QED) is 0.604. The standard InChI is InChI=1S/C15H12Cl2O4S/c1-9-6-13(16)14(17)8-15(9)22(19,20)21-12-5-3-4-11(7-12)10(2)18/h3-8H,1-2H3. The molecule has 0 heterocycles. The van der Waals surface area contributed by atoms with E-state index in [4.69, 9.17) is 27.4 Å². The van der Waals surface area contributed by atoms with Crippen LogP contribution in [-0.2, 0) is 10.1 Å². The van der Waals surface area contributed by atoms with E-state index in [1.54, 1.807) is 19.1 Å². The number of hydrogen-bond acceptors (Lipinski definition) is 4. The highest BCUT2D eigenvalue weighted by Crippen LogP contribution is 2.30. The smallest absolute Gasteiger partial charge is 0.339 e. The summed E-state index contributed by atoms with van der Waals surface area (Å²) >= 11 is 11.7. The molecule has 0 aromatic heterocycles. The molecule has 0 aliphatic rings. The lowest BCUT2D eigenvalue weighted by Gasteiger charge is -2.11. The lowest BCUT2D eigenvalue weighted by Crippen LogP contribution is -2.11. The second kappa shape index (κ2) is 6.28. The Morgan fingerprint density at radius 2 is 1.73 bits per heavy atom. The number of hydrogen-bond donors (Lipinski definition) is 0. The fourth-order valence-corrected chi connectivity index (χ4v) is 3.44. The molecule has 0 amide bonds. The summed E-state index contributed by atoms with van der Waals surface area (Å²) in [5.74, 6) is -0.133. The lowest BCUT2D eigenvalue weighted by atomic mass is 10.1. The van der Waals surface area contributed by atoms with E-state index in [0.29, 0.717) is 11.1 Å². The molecule has 0 bridgehead atoms. The highest BCUT2D eigenvalue weighted by molar-refractivity contribution is 7.87. The molecule has 7 heteroatoms. The summed E-state index contributed by atoms with van der Waals surface area (Å²) in [6, 6.07) is 8.63. The fraction of sp³-hybridized carbons (Fsp3) is 0.133. The Labute approximate surface area is 138 Å². The average Bonchev–Trinajstić information content (AvgIpc) is 2.42. The Bertz CT molecular complexity index is 845. The first kappa shape index (κ1) is 16.8. The van der Waals surface area contributed by atoms with E-state index in [9.17, 15) is 13.2 Å². The minimum atomic E-state index is -4.08. The number of aryl methyl sites for hydroxylation is 1. The minimum Gasteiger partial charge on any atom is -0.379 e. The molecule has 0 radical (unpaired) electrons. The number of carbonyl (C=O) groups is 1. The Kier molecular flexibility index (Phi) is 4.80. The molecular weight excluding hydrogens is 347 g/mol. The molecular formula is C15H12Cl2O4S. The van der Waals surface area contributed by atoms with E-state index in [2.05, 4.69) is 0 Å². The molecule has 0 saturated heterocycles. The maximum atomic E-state index is 12.4. The third-order valence-corrected chi connectivity index (χ3v) is 5.05. The third-order valence-electron chi connectivity index (χ3n) is 2.93. The molecule has 0 unspecified atom stereocenters. The molecule has 4 nitrogen and oxygen atoms in total. The molecule has 0 atom stereocenters. The van der Waals surface area contributed by atoms with Crippen LogP contribution in [0.5, 0.6) is 5.75 Å². The average molecular weight is 359 g/mol. The minimum absolute atomic E-state index is 0.0539. The highest BCUT2D eigenvalue weighted by Gasteiger charge is 2.21. The van der Waals surface area contributed by atoms with Gasteiger partial charge in [-0.15, -0.1) is 0 Å². The number of Topliss-reactive ketones (excluding diaryl/α,β-unsaturated/α-hetero) is 1. The summed E-state index contributed by atoms with van der Waals surface area (Å²) in [5, 5.41) is 0.378. The largest absolute Gasteiger partial charge is 0.379 e. The third kappa shape index (κ3) is 3.61. The van der Waals surface area contributed by atoms with Crippen LogP contribution < -0.4 is 4.18 Å². The van der Waals surface area contributed by atoms with Crippen LogP contribution in [0.25, 0.3) is 0 Å². The van der Waals surface area contributed by atoms with Gasteiger partial charge in [-0.2, -0.15) is 8.42 Å². The fourth-order valence-electron chi connectivity index (χ4n) is 1.84. The van der Waals surface area contributed by atoms with Gasteiger partial charge in [-0.3, -0.25) is 4.79 Å². The number of ketones is 1. The summed E-state index contributed by atoms with van der Waals surface area (Å²) in [5.41, 5.74) is 0.774. The van der Waals surface area contributed by atoms with Gasteiger partial charge in [-0.05, 0) is 43.7 Å². The van der Waals surface area contributed by atoms with Crippen molar-refractivity contribution >= 4 is 39.1 Å². The summed E-state index contributed by atoms with van der Waals surface area (Å²) in [7, 11) is -4.08. The van der Waals surface area contributed by atoms with Crippen LogP contribution in [-0.4, -0.2) is 14.2 Å². The molecule has 0 aliphatic heterocycles. The van der Waals surface area contributed by atoms with Crippen molar-refractivity contribution in [2.45, 2.75) is 18.7 Å². The van der Waals surface area contributed by atoms with Gasteiger partial charge in [0.05, 0.1) is 10.0 Å². The van der Waals surface area contributed by atoms with Gasteiger partial charge in [0.25, 0.3) is 0 Å². The van der Waals surface area contributed by atoms with E-state index < -0.39 is 10.1 Å². The van der Waals surface area contributed by atoms with Crippen molar-refractivity contribution in [1.29, 1.82) is 0 Å². The van der Waals surface area contributed by atoms with E-state index in [1.165, 1.54) is 31.2 Å². The molecule has 2 aromatic carbocycles. The van der Waals surface area contributed by atoms with E-state index in [0.717, 1.165) is 0 Å². The number of carbonyl (C=O) groups excluding carboxylic acids is 1. The van der Waals surface area contributed by atoms with Crippen molar-refractivity contribution < 1.29 is 17.4 Å². The topological polar surface area (TPSA) is 60.4 Å². The van der Waals surface area contributed by atoms with Crippen LogP contribution in [0.1, 0.15) is 22.8 Å². The zero-order chi connectivity index (χ0) is 16.5. The first-order valence-corrected chi connectivity index (χ1v) is 8.38. The zero-order valence-corrected chi connectivity index (χ0v) is 14.1. The zero-order valence-electron chi connectivity index (χ0n) is 11.8. The number of rotatable bonds is 4. The van der Waals surface area contributed by atoms with Gasteiger partial charge in [0.2, 0.25) is 0 Å². The maximum absolute atomic E-state index is 12.4. The van der Waals surface area contributed by atoms with Crippen molar-refractivity contribution in [1.82, 2.24) is 0 Å². The van der Waals surface area contributed by atoms with E-state index in [-0.39, 0.29) is 26.5 Å². The van der Waals surface area contributed by atoms with Gasteiger partial charge < -0.3 is 4.18 Å². The van der Waals surface area contributed by atoms with Crippen LogP contribution in [0.15, 0.2) is 41.3 Å². The molecule has 2 aromatic rings. The van der Waals surface area contributed by atoms with Gasteiger partial charge in [0.15, 0.2) is 5.78 Å². The molecule has 0 aliphatic carbocycles. The SMILES string of the molecule is CC(=O)c1cccc(OS(=O)(=O)c2cc(Cl)c(Cl)cc2C)c1. The Morgan fingerprint density at radius 3 is 2.36 bits per heavy atom. The van der Waals surface area contributed by atoms with Crippen LogP contribution >= 0.6 is 23.2 Å². The van der Waals surface area contributed by atoms with Crippen molar-refractivity contribution in [2.24, 2.45) is 0 Å². The van der Waals surface area contributed by atoms with Crippen LogP contribution in [0.4, 0.5) is 0 Å². The van der Waals surface area contributed by atoms with Gasteiger partial charge in [-0.1, -0.05) is 35.3 Å². The number of halogens is 2. The summed E-state index contributed by atoms with van der Waals surface area (Å²) in [4.78, 5) is 11.3. The van der Waals surface area contributed by atoms with Gasteiger partial charge >= 0.3 is 10.1 Å². The molecule has 116 valence electrons. The maximum Gasteiger partial charge on any atom is 0.339 e. The molecule has 0 N–H and O–H groups in total. The summed E-state index contributed by atoms with van der Waals surface area (Å²) < 4.78 is 29.8. The number of benzene rings is 2. The van der Waals surface area contributed by atoms with Crippen LogP contribution in [0.3, 0.4) is 0 Å². The second-order valence-electron chi connectivity index (χ2n) is 4.65. The Hall–Kier alpha value is -1.56. The second-order valence-corrected chi connectivity index (χ2v) is 6.98.